The first-order valence-electron chi connectivity index (χ1n) is 4.94. The lowest BCUT2D eigenvalue weighted by molar-refractivity contribution is 0.0171. The second-order valence-electron chi connectivity index (χ2n) is 3.40. The van der Waals surface area contributed by atoms with Gasteiger partial charge >= 0.3 is 0 Å². The van der Waals surface area contributed by atoms with Crippen molar-refractivity contribution in [3.05, 3.63) is 35.4 Å². The summed E-state index contributed by atoms with van der Waals surface area (Å²) in [6.45, 7) is 0. The zero-order chi connectivity index (χ0) is 12.0. The summed E-state index contributed by atoms with van der Waals surface area (Å²) in [5, 5.41) is 31.0. The molecule has 1 rings (SSSR count). The second kappa shape index (κ2) is 6.52. The summed E-state index contributed by atoms with van der Waals surface area (Å²) < 4.78 is 0. The van der Waals surface area contributed by atoms with E-state index in [1.807, 2.05) is 0 Å². The van der Waals surface area contributed by atoms with E-state index in [4.69, 9.17) is 5.21 Å². The third-order valence-electron chi connectivity index (χ3n) is 2.30. The first-order valence-corrected chi connectivity index (χ1v) is 5.57. The monoisotopic (exact) mass is 241 g/mol. The number of oxime groups is 1. The molecular weight excluding hydrogens is 226 g/mol. The third kappa shape index (κ3) is 3.23. The summed E-state index contributed by atoms with van der Waals surface area (Å²) in [5.41, 5.74) is 1.12. The van der Waals surface area contributed by atoms with Gasteiger partial charge in [-0.05, 0) is 17.7 Å². The molecule has 0 bridgehead atoms. The molecule has 0 fully saturated rings. The topological polar surface area (TPSA) is 73.1 Å². The Morgan fingerprint density at radius 1 is 1.31 bits per heavy atom. The van der Waals surface area contributed by atoms with Crippen molar-refractivity contribution in [1.82, 2.24) is 0 Å². The van der Waals surface area contributed by atoms with Crippen LogP contribution < -0.4 is 0 Å². The predicted octanol–water partition coefficient (Wildman–Crippen LogP) is 1.21. The molecule has 1 aromatic rings. The van der Waals surface area contributed by atoms with E-state index in [1.165, 1.54) is 6.21 Å². The number of thiol groups is 1. The van der Waals surface area contributed by atoms with E-state index >= 15 is 0 Å². The Balaban J connectivity index is 2.93. The Labute approximate surface area is 99.6 Å². The summed E-state index contributed by atoms with van der Waals surface area (Å²) in [6.07, 6.45) is -0.243. The highest BCUT2D eigenvalue weighted by Crippen LogP contribution is 2.21. The summed E-state index contributed by atoms with van der Waals surface area (Å²) >= 11 is 4.00. The quantitative estimate of drug-likeness (QED) is 0.271. The lowest BCUT2D eigenvalue weighted by Gasteiger charge is -2.18. The van der Waals surface area contributed by atoms with E-state index in [9.17, 15) is 10.2 Å². The minimum absolute atomic E-state index is 0.398. The maximum absolute atomic E-state index is 9.90. The van der Waals surface area contributed by atoms with Crippen molar-refractivity contribution in [3.63, 3.8) is 0 Å². The molecule has 0 aliphatic carbocycles. The molecule has 0 saturated carbocycles. The van der Waals surface area contributed by atoms with Crippen LogP contribution in [0.1, 0.15) is 23.7 Å². The van der Waals surface area contributed by atoms with Crippen LogP contribution in [0.4, 0.5) is 0 Å². The summed E-state index contributed by atoms with van der Waals surface area (Å²) in [5.74, 6) is 0.495. The van der Waals surface area contributed by atoms with Gasteiger partial charge in [-0.15, -0.1) is 0 Å². The van der Waals surface area contributed by atoms with Gasteiger partial charge in [0.25, 0.3) is 0 Å². The van der Waals surface area contributed by atoms with E-state index in [0.717, 1.165) is 0 Å². The van der Waals surface area contributed by atoms with Gasteiger partial charge in [0.05, 0.1) is 12.3 Å². The highest BCUT2D eigenvalue weighted by Gasteiger charge is 2.19. The molecule has 16 heavy (non-hydrogen) atoms. The van der Waals surface area contributed by atoms with Gasteiger partial charge in [-0.3, -0.25) is 0 Å². The van der Waals surface area contributed by atoms with E-state index in [1.54, 1.807) is 24.3 Å². The van der Waals surface area contributed by atoms with Crippen LogP contribution in [-0.2, 0) is 0 Å². The molecule has 0 heterocycles. The van der Waals surface area contributed by atoms with Gasteiger partial charge in [0.15, 0.2) is 0 Å². The van der Waals surface area contributed by atoms with Crippen LogP contribution in [-0.4, -0.2) is 33.5 Å². The molecule has 4 nitrogen and oxygen atoms in total. The smallest absolute Gasteiger partial charge is 0.106 e. The molecule has 5 heteroatoms. The van der Waals surface area contributed by atoms with Crippen LogP contribution in [0.2, 0.25) is 0 Å². The molecule has 2 atom stereocenters. The molecule has 1 aromatic carbocycles. The third-order valence-corrected chi connectivity index (χ3v) is 2.56. The highest BCUT2D eigenvalue weighted by molar-refractivity contribution is 7.80. The maximum atomic E-state index is 9.90. The molecule has 0 saturated heterocycles. The molecule has 0 aliphatic heterocycles. The molecule has 0 aromatic heterocycles. The molecule has 3 N–H and O–H groups in total. The van der Waals surface area contributed by atoms with Gasteiger partial charge in [-0.2, -0.15) is 12.6 Å². The first kappa shape index (κ1) is 13.0. The van der Waals surface area contributed by atoms with Crippen LogP contribution in [0.15, 0.2) is 29.4 Å². The molecule has 0 amide bonds. The van der Waals surface area contributed by atoms with Crippen LogP contribution in [0.5, 0.6) is 0 Å². The largest absolute Gasteiger partial charge is 0.411 e. The molecule has 88 valence electrons. The van der Waals surface area contributed by atoms with E-state index < -0.39 is 12.2 Å². The number of hydrogen-bond donors (Lipinski definition) is 4. The van der Waals surface area contributed by atoms with Gasteiger partial charge < -0.3 is 15.4 Å². The Morgan fingerprint density at radius 2 is 2.00 bits per heavy atom. The summed E-state index contributed by atoms with van der Waals surface area (Å²) in [4.78, 5) is 0. The molecule has 0 radical (unpaired) electrons. The van der Waals surface area contributed by atoms with Crippen molar-refractivity contribution in [3.8, 4) is 0 Å². The molecule has 2 unspecified atom stereocenters. The zero-order valence-corrected chi connectivity index (χ0v) is 9.59. The number of rotatable bonds is 5. The fourth-order valence-corrected chi connectivity index (χ4v) is 1.72. The van der Waals surface area contributed by atoms with Crippen LogP contribution in [0, 0.1) is 0 Å². The van der Waals surface area contributed by atoms with Crippen molar-refractivity contribution in [1.29, 1.82) is 0 Å². The molecule has 0 spiro atoms. The van der Waals surface area contributed by atoms with Crippen LogP contribution in [0.3, 0.4) is 0 Å². The number of aliphatic hydroxyl groups excluding tert-OH is 2. The standard InChI is InChI=1S/C11H15NO3S/c13-10(5-6-16)11(14)9-4-2-1-3-8(9)7-12-15/h1-4,7,10-11,13-16H,5-6H2. The summed E-state index contributed by atoms with van der Waals surface area (Å²) in [7, 11) is 0. The van der Waals surface area contributed by atoms with E-state index in [0.29, 0.717) is 23.3 Å². The maximum Gasteiger partial charge on any atom is 0.106 e. The Morgan fingerprint density at radius 3 is 2.62 bits per heavy atom. The number of hydrogen-bond acceptors (Lipinski definition) is 5. The minimum atomic E-state index is -0.999. The van der Waals surface area contributed by atoms with Crippen molar-refractivity contribution in [2.75, 3.05) is 5.75 Å². The lowest BCUT2D eigenvalue weighted by atomic mass is 9.98. The normalized spacial score (nSPS) is 15.2. The van der Waals surface area contributed by atoms with E-state index in [2.05, 4.69) is 17.8 Å². The fraction of sp³-hybridized carbons (Fsp3) is 0.364. The van der Waals surface area contributed by atoms with Crippen LogP contribution >= 0.6 is 12.6 Å². The van der Waals surface area contributed by atoms with Gasteiger partial charge in [0.1, 0.15) is 6.10 Å². The number of aliphatic hydroxyl groups is 2. The predicted molar refractivity (Wildman–Crippen MR) is 65.3 cm³/mol. The average molecular weight is 241 g/mol. The second-order valence-corrected chi connectivity index (χ2v) is 3.85. The van der Waals surface area contributed by atoms with E-state index in [-0.39, 0.29) is 0 Å². The van der Waals surface area contributed by atoms with Crippen molar-refractivity contribution >= 4 is 18.8 Å². The Hall–Kier alpha value is -1.04. The molecule has 0 aliphatic rings. The van der Waals surface area contributed by atoms with Gasteiger partial charge in [-0.1, -0.05) is 29.4 Å². The van der Waals surface area contributed by atoms with Crippen molar-refractivity contribution < 1.29 is 15.4 Å². The van der Waals surface area contributed by atoms with Gasteiger partial charge in [-0.25, -0.2) is 0 Å². The SMILES string of the molecule is ON=Cc1ccccc1C(O)C(O)CCS. The lowest BCUT2D eigenvalue weighted by Crippen LogP contribution is -2.19. The average Bonchev–Trinajstić information content (AvgIpc) is 2.29. The first-order chi connectivity index (χ1) is 7.70. The Kier molecular flexibility index (Phi) is 5.31. The van der Waals surface area contributed by atoms with Gasteiger partial charge in [0, 0.05) is 5.56 Å². The Bertz CT molecular complexity index is 357. The fourth-order valence-electron chi connectivity index (χ4n) is 1.46. The van der Waals surface area contributed by atoms with Crippen LogP contribution in [0.25, 0.3) is 0 Å². The zero-order valence-electron chi connectivity index (χ0n) is 8.69. The minimum Gasteiger partial charge on any atom is -0.411 e. The number of benzene rings is 1. The highest BCUT2D eigenvalue weighted by atomic mass is 32.1. The van der Waals surface area contributed by atoms with Gasteiger partial charge in [0.2, 0.25) is 0 Å². The van der Waals surface area contributed by atoms with Crippen molar-refractivity contribution in [2.45, 2.75) is 18.6 Å². The molecular formula is C11H15NO3S. The summed E-state index contributed by atoms with van der Waals surface area (Å²) in [6, 6.07) is 6.90. The number of nitrogens with zero attached hydrogens (tertiary/aromatic N) is 1. The van der Waals surface area contributed by atoms with Crippen molar-refractivity contribution in [2.24, 2.45) is 5.16 Å².